The van der Waals surface area contributed by atoms with Crippen molar-refractivity contribution in [2.75, 3.05) is 31.2 Å². The zero-order valence-corrected chi connectivity index (χ0v) is 9.93. The molecule has 1 atom stereocenters. The molecule has 0 aromatic heterocycles. The van der Waals surface area contributed by atoms with Crippen LogP contribution in [0, 0.1) is 0 Å². The number of nitrogens with zero attached hydrogens (tertiary/aromatic N) is 1. The molecule has 2 rings (SSSR count). The van der Waals surface area contributed by atoms with Crippen molar-refractivity contribution in [1.29, 1.82) is 0 Å². The minimum atomic E-state index is 0.325. The minimum Gasteiger partial charge on any atom is -0.378 e. The molecule has 0 aliphatic carbocycles. The van der Waals surface area contributed by atoms with Gasteiger partial charge in [0.25, 0.3) is 0 Å². The third-order valence-electron chi connectivity index (χ3n) is 3.07. The molecule has 0 aromatic carbocycles. The SMILES string of the molecule is O=C(CC[C@@H]1CCCO1)N1CCSCC1. The van der Waals surface area contributed by atoms with Gasteiger partial charge in [-0.1, -0.05) is 0 Å². The quantitative estimate of drug-likeness (QED) is 0.735. The van der Waals surface area contributed by atoms with E-state index in [9.17, 15) is 4.79 Å². The van der Waals surface area contributed by atoms with Gasteiger partial charge in [-0.15, -0.1) is 0 Å². The highest BCUT2D eigenvalue weighted by molar-refractivity contribution is 7.99. The molecule has 15 heavy (non-hydrogen) atoms. The van der Waals surface area contributed by atoms with Gasteiger partial charge < -0.3 is 9.64 Å². The summed E-state index contributed by atoms with van der Waals surface area (Å²) < 4.78 is 5.52. The van der Waals surface area contributed by atoms with E-state index in [1.807, 2.05) is 16.7 Å². The molecule has 4 heteroatoms. The summed E-state index contributed by atoms with van der Waals surface area (Å²) in [6.07, 6.45) is 4.26. The lowest BCUT2D eigenvalue weighted by molar-refractivity contribution is -0.131. The van der Waals surface area contributed by atoms with Gasteiger partial charge in [-0.2, -0.15) is 11.8 Å². The summed E-state index contributed by atoms with van der Waals surface area (Å²) >= 11 is 1.94. The molecule has 2 aliphatic heterocycles. The third kappa shape index (κ3) is 3.38. The van der Waals surface area contributed by atoms with Crippen molar-refractivity contribution in [3.63, 3.8) is 0 Å². The molecule has 2 saturated heterocycles. The fourth-order valence-electron chi connectivity index (χ4n) is 2.13. The maximum absolute atomic E-state index is 11.8. The van der Waals surface area contributed by atoms with E-state index in [4.69, 9.17) is 4.74 Å². The number of carbonyl (C=O) groups excluding carboxylic acids is 1. The summed E-state index contributed by atoms with van der Waals surface area (Å²) in [5.41, 5.74) is 0. The van der Waals surface area contributed by atoms with Crippen LogP contribution < -0.4 is 0 Å². The summed E-state index contributed by atoms with van der Waals surface area (Å²) in [4.78, 5) is 13.8. The molecule has 2 fully saturated rings. The fraction of sp³-hybridized carbons (Fsp3) is 0.909. The van der Waals surface area contributed by atoms with Crippen molar-refractivity contribution < 1.29 is 9.53 Å². The second-order valence-corrected chi connectivity index (χ2v) is 5.39. The van der Waals surface area contributed by atoms with Crippen LogP contribution in [-0.4, -0.2) is 48.1 Å². The topological polar surface area (TPSA) is 29.5 Å². The summed E-state index contributed by atoms with van der Waals surface area (Å²) in [6.45, 7) is 2.77. The smallest absolute Gasteiger partial charge is 0.222 e. The van der Waals surface area contributed by atoms with Gasteiger partial charge in [0, 0.05) is 37.6 Å². The molecule has 2 heterocycles. The second-order valence-electron chi connectivity index (χ2n) is 4.17. The maximum atomic E-state index is 11.8. The van der Waals surface area contributed by atoms with Gasteiger partial charge in [0.1, 0.15) is 0 Å². The van der Waals surface area contributed by atoms with Crippen LogP contribution in [-0.2, 0) is 9.53 Å². The Labute approximate surface area is 95.5 Å². The van der Waals surface area contributed by atoms with Crippen molar-refractivity contribution in [1.82, 2.24) is 4.90 Å². The summed E-state index contributed by atoms with van der Waals surface area (Å²) in [7, 11) is 0. The van der Waals surface area contributed by atoms with Gasteiger partial charge in [-0.3, -0.25) is 4.79 Å². The molecule has 0 aromatic rings. The number of hydrogen-bond acceptors (Lipinski definition) is 3. The van der Waals surface area contributed by atoms with E-state index in [-0.39, 0.29) is 0 Å². The minimum absolute atomic E-state index is 0.325. The van der Waals surface area contributed by atoms with Crippen LogP contribution in [0.2, 0.25) is 0 Å². The first-order valence-electron chi connectivity index (χ1n) is 5.83. The molecular weight excluding hydrogens is 210 g/mol. The molecule has 0 saturated carbocycles. The lowest BCUT2D eigenvalue weighted by atomic mass is 10.1. The zero-order chi connectivity index (χ0) is 10.5. The Morgan fingerprint density at radius 2 is 2.20 bits per heavy atom. The van der Waals surface area contributed by atoms with E-state index in [0.29, 0.717) is 18.4 Å². The largest absolute Gasteiger partial charge is 0.378 e. The Balaban J connectivity index is 1.66. The number of rotatable bonds is 3. The van der Waals surface area contributed by atoms with Crippen LogP contribution in [0.4, 0.5) is 0 Å². The Morgan fingerprint density at radius 1 is 1.40 bits per heavy atom. The number of carbonyl (C=O) groups is 1. The molecule has 0 N–H and O–H groups in total. The molecule has 0 unspecified atom stereocenters. The van der Waals surface area contributed by atoms with Gasteiger partial charge in [0.05, 0.1) is 6.10 Å². The molecule has 3 nitrogen and oxygen atoms in total. The van der Waals surface area contributed by atoms with Crippen LogP contribution in [0.15, 0.2) is 0 Å². The first kappa shape index (κ1) is 11.3. The lowest BCUT2D eigenvalue weighted by Crippen LogP contribution is -2.38. The number of ether oxygens (including phenoxy) is 1. The fourth-order valence-corrected chi connectivity index (χ4v) is 3.03. The van der Waals surface area contributed by atoms with Crippen LogP contribution in [0.5, 0.6) is 0 Å². The normalized spacial score (nSPS) is 26.9. The summed E-state index contributed by atoms with van der Waals surface area (Å²) in [6, 6.07) is 0. The molecule has 2 aliphatic rings. The Bertz CT molecular complexity index is 211. The van der Waals surface area contributed by atoms with Crippen molar-refractivity contribution in [3.05, 3.63) is 0 Å². The molecule has 0 spiro atoms. The van der Waals surface area contributed by atoms with E-state index >= 15 is 0 Å². The number of amides is 1. The highest BCUT2D eigenvalue weighted by Crippen LogP contribution is 2.18. The summed E-state index contributed by atoms with van der Waals surface area (Å²) in [5, 5.41) is 0. The van der Waals surface area contributed by atoms with Gasteiger partial charge in [-0.25, -0.2) is 0 Å². The highest BCUT2D eigenvalue weighted by Gasteiger charge is 2.20. The Kier molecular flexibility index (Phi) is 4.32. The highest BCUT2D eigenvalue weighted by atomic mass is 32.2. The second kappa shape index (κ2) is 5.75. The predicted octanol–water partition coefficient (Wildman–Crippen LogP) is 1.52. The van der Waals surface area contributed by atoms with E-state index in [0.717, 1.165) is 44.0 Å². The third-order valence-corrected chi connectivity index (χ3v) is 4.01. The summed E-state index contributed by atoms with van der Waals surface area (Å²) in [5.74, 6) is 2.53. The predicted molar refractivity (Wildman–Crippen MR) is 62.1 cm³/mol. The van der Waals surface area contributed by atoms with E-state index in [2.05, 4.69) is 0 Å². The zero-order valence-electron chi connectivity index (χ0n) is 9.11. The van der Waals surface area contributed by atoms with E-state index < -0.39 is 0 Å². The van der Waals surface area contributed by atoms with Crippen LogP contribution in [0.3, 0.4) is 0 Å². The van der Waals surface area contributed by atoms with Gasteiger partial charge in [0.15, 0.2) is 0 Å². The van der Waals surface area contributed by atoms with Gasteiger partial charge in [-0.05, 0) is 19.3 Å². The van der Waals surface area contributed by atoms with Crippen LogP contribution in [0.1, 0.15) is 25.7 Å². The average molecular weight is 229 g/mol. The van der Waals surface area contributed by atoms with Crippen molar-refractivity contribution in [3.8, 4) is 0 Å². The molecule has 86 valence electrons. The first-order valence-corrected chi connectivity index (χ1v) is 6.99. The van der Waals surface area contributed by atoms with Crippen LogP contribution >= 0.6 is 11.8 Å². The van der Waals surface area contributed by atoms with Crippen molar-refractivity contribution >= 4 is 17.7 Å². The van der Waals surface area contributed by atoms with Gasteiger partial charge >= 0.3 is 0 Å². The standard InChI is InChI=1S/C11H19NO2S/c13-11(12-5-8-15-9-6-12)4-3-10-2-1-7-14-10/h10H,1-9H2/t10-/m0/s1. The van der Waals surface area contributed by atoms with E-state index in [1.54, 1.807) is 0 Å². The van der Waals surface area contributed by atoms with Crippen molar-refractivity contribution in [2.24, 2.45) is 0 Å². The van der Waals surface area contributed by atoms with Crippen molar-refractivity contribution in [2.45, 2.75) is 31.8 Å². The number of thioether (sulfide) groups is 1. The molecular formula is C11H19NO2S. The van der Waals surface area contributed by atoms with E-state index in [1.165, 1.54) is 6.42 Å². The Hall–Kier alpha value is -0.220. The lowest BCUT2D eigenvalue weighted by Gasteiger charge is -2.26. The molecule has 0 radical (unpaired) electrons. The van der Waals surface area contributed by atoms with Crippen LogP contribution in [0.25, 0.3) is 0 Å². The first-order chi connectivity index (χ1) is 7.36. The molecule has 1 amide bonds. The maximum Gasteiger partial charge on any atom is 0.222 e. The van der Waals surface area contributed by atoms with Gasteiger partial charge in [0.2, 0.25) is 5.91 Å². The molecule has 0 bridgehead atoms. The number of hydrogen-bond donors (Lipinski definition) is 0. The average Bonchev–Trinajstić information content (AvgIpc) is 2.80. The Morgan fingerprint density at radius 3 is 2.87 bits per heavy atom. The monoisotopic (exact) mass is 229 g/mol.